The van der Waals surface area contributed by atoms with Gasteiger partial charge in [0.05, 0.1) is 23.9 Å². The second-order valence-corrected chi connectivity index (χ2v) is 7.52. The van der Waals surface area contributed by atoms with Crippen LogP contribution in [0.15, 0.2) is 30.5 Å². The molecule has 4 rings (SSSR count). The first-order valence-corrected chi connectivity index (χ1v) is 9.79. The van der Waals surface area contributed by atoms with Crippen molar-refractivity contribution in [2.24, 2.45) is 0 Å². The highest BCUT2D eigenvalue weighted by Crippen LogP contribution is 2.20. The first kappa shape index (κ1) is 17.8. The third-order valence-corrected chi connectivity index (χ3v) is 5.57. The summed E-state index contributed by atoms with van der Waals surface area (Å²) in [6, 6.07) is 8.07. The predicted octanol–water partition coefficient (Wildman–Crippen LogP) is 2.05. The Morgan fingerprint density at radius 1 is 1.04 bits per heavy atom. The van der Waals surface area contributed by atoms with Crippen LogP contribution < -0.4 is 0 Å². The zero-order chi connectivity index (χ0) is 18.8. The van der Waals surface area contributed by atoms with Gasteiger partial charge in [0.25, 0.3) is 5.91 Å². The van der Waals surface area contributed by atoms with Crippen LogP contribution in [-0.4, -0.2) is 57.6 Å². The monoisotopic (exact) mass is 366 g/mol. The van der Waals surface area contributed by atoms with E-state index in [1.54, 1.807) is 6.20 Å². The van der Waals surface area contributed by atoms with Gasteiger partial charge in [0.15, 0.2) is 0 Å². The summed E-state index contributed by atoms with van der Waals surface area (Å²) >= 11 is 0. The Balaban J connectivity index is 1.35. The molecule has 1 aromatic heterocycles. The average Bonchev–Trinajstić information content (AvgIpc) is 3.12. The van der Waals surface area contributed by atoms with Crippen LogP contribution in [0.2, 0.25) is 0 Å². The van der Waals surface area contributed by atoms with E-state index in [1.807, 2.05) is 39.6 Å². The maximum absolute atomic E-state index is 12.9. The van der Waals surface area contributed by atoms with Crippen molar-refractivity contribution in [2.45, 2.75) is 39.2 Å². The lowest BCUT2D eigenvalue weighted by Crippen LogP contribution is -2.51. The number of hydrogen-bond donors (Lipinski definition) is 0. The molecule has 1 aromatic carbocycles. The summed E-state index contributed by atoms with van der Waals surface area (Å²) in [7, 11) is 0. The van der Waals surface area contributed by atoms with E-state index in [2.05, 4.69) is 11.2 Å². The fraction of sp³-hybridized carbons (Fsp3) is 0.476. The lowest BCUT2D eigenvalue weighted by molar-refractivity contribution is -0.131. The molecule has 0 spiro atoms. The molecule has 0 radical (unpaired) electrons. The zero-order valence-electron chi connectivity index (χ0n) is 15.9. The highest BCUT2D eigenvalue weighted by atomic mass is 16.2. The molecule has 1 saturated heterocycles. The second kappa shape index (κ2) is 7.55. The van der Waals surface area contributed by atoms with Crippen LogP contribution in [0.3, 0.4) is 0 Å². The fourth-order valence-electron chi connectivity index (χ4n) is 4.04. The minimum Gasteiger partial charge on any atom is -0.339 e. The molecule has 0 bridgehead atoms. The van der Waals surface area contributed by atoms with E-state index in [4.69, 9.17) is 0 Å². The van der Waals surface area contributed by atoms with Gasteiger partial charge in [-0.05, 0) is 31.7 Å². The molecule has 2 amide bonds. The molecule has 1 fully saturated rings. The largest absolute Gasteiger partial charge is 0.339 e. The Hall–Kier alpha value is -2.63. The molecule has 2 aliphatic heterocycles. The summed E-state index contributed by atoms with van der Waals surface area (Å²) in [5.41, 5.74) is 4.03. The lowest BCUT2D eigenvalue weighted by atomic mass is 10.1. The van der Waals surface area contributed by atoms with E-state index in [0.717, 1.165) is 42.6 Å². The maximum atomic E-state index is 12.9. The van der Waals surface area contributed by atoms with Crippen LogP contribution >= 0.6 is 0 Å². The number of aromatic nitrogens is 2. The third-order valence-electron chi connectivity index (χ3n) is 5.57. The van der Waals surface area contributed by atoms with Gasteiger partial charge in [0.1, 0.15) is 0 Å². The number of amides is 2. The number of carbonyl (C=O) groups is 2. The number of piperazine rings is 1. The van der Waals surface area contributed by atoms with Gasteiger partial charge in [0.2, 0.25) is 5.91 Å². The van der Waals surface area contributed by atoms with E-state index in [0.29, 0.717) is 32.6 Å². The van der Waals surface area contributed by atoms with Crippen molar-refractivity contribution in [3.8, 4) is 0 Å². The fourth-order valence-corrected chi connectivity index (χ4v) is 4.04. The molecule has 0 atom stereocenters. The van der Waals surface area contributed by atoms with E-state index >= 15 is 0 Å². The predicted molar refractivity (Wildman–Crippen MR) is 103 cm³/mol. The van der Waals surface area contributed by atoms with E-state index in [1.165, 1.54) is 5.56 Å². The minimum atomic E-state index is 0.0592. The Labute approximate surface area is 159 Å². The Morgan fingerprint density at radius 2 is 1.81 bits per heavy atom. The first-order valence-electron chi connectivity index (χ1n) is 9.79. The molecule has 0 unspecified atom stereocenters. The van der Waals surface area contributed by atoms with Crippen molar-refractivity contribution >= 4 is 11.8 Å². The molecular formula is C21H26N4O2. The van der Waals surface area contributed by atoms with Gasteiger partial charge in [-0.2, -0.15) is 5.10 Å². The molecular weight excluding hydrogens is 340 g/mol. The van der Waals surface area contributed by atoms with Crippen molar-refractivity contribution in [1.29, 1.82) is 0 Å². The quantitative estimate of drug-likeness (QED) is 0.835. The third kappa shape index (κ3) is 3.75. The van der Waals surface area contributed by atoms with Crippen LogP contribution in [0.4, 0.5) is 0 Å². The molecule has 0 N–H and O–H groups in total. The molecule has 2 aromatic rings. The normalized spacial score (nSPS) is 16.9. The number of aryl methyl sites for hydroxylation is 2. The van der Waals surface area contributed by atoms with Crippen LogP contribution in [0.25, 0.3) is 0 Å². The minimum absolute atomic E-state index is 0.0592. The molecule has 3 heterocycles. The van der Waals surface area contributed by atoms with E-state index in [-0.39, 0.29) is 11.8 Å². The molecule has 2 aliphatic rings. The summed E-state index contributed by atoms with van der Waals surface area (Å²) < 4.78 is 1.97. The topological polar surface area (TPSA) is 58.4 Å². The molecule has 27 heavy (non-hydrogen) atoms. The number of nitrogens with zero attached hydrogens (tertiary/aromatic N) is 4. The zero-order valence-corrected chi connectivity index (χ0v) is 15.9. The first-order chi connectivity index (χ1) is 13.1. The van der Waals surface area contributed by atoms with Crippen LogP contribution in [0.5, 0.6) is 0 Å². The molecule has 142 valence electrons. The van der Waals surface area contributed by atoms with Gasteiger partial charge in [-0.25, -0.2) is 0 Å². The summed E-state index contributed by atoms with van der Waals surface area (Å²) in [6.45, 7) is 5.31. The summed E-state index contributed by atoms with van der Waals surface area (Å²) in [5, 5.41) is 4.37. The Morgan fingerprint density at radius 3 is 2.59 bits per heavy atom. The summed E-state index contributed by atoms with van der Waals surface area (Å²) in [6.07, 6.45) is 5.32. The van der Waals surface area contributed by atoms with Gasteiger partial charge >= 0.3 is 0 Å². The van der Waals surface area contributed by atoms with Crippen molar-refractivity contribution in [1.82, 2.24) is 19.6 Å². The lowest BCUT2D eigenvalue weighted by Gasteiger charge is -2.35. The number of fused-ring (bicyclic) bond motifs is 1. The number of benzene rings is 1. The highest BCUT2D eigenvalue weighted by molar-refractivity contribution is 5.95. The Kier molecular flexibility index (Phi) is 4.97. The number of hydrogen-bond acceptors (Lipinski definition) is 3. The van der Waals surface area contributed by atoms with Gasteiger partial charge in [0, 0.05) is 32.7 Å². The molecule has 6 heteroatoms. The van der Waals surface area contributed by atoms with Gasteiger partial charge < -0.3 is 9.80 Å². The second-order valence-electron chi connectivity index (χ2n) is 7.52. The smallest absolute Gasteiger partial charge is 0.257 e. The Bertz CT molecular complexity index is 850. The van der Waals surface area contributed by atoms with Crippen molar-refractivity contribution in [2.75, 3.05) is 26.2 Å². The van der Waals surface area contributed by atoms with Gasteiger partial charge in [-0.1, -0.05) is 29.8 Å². The van der Waals surface area contributed by atoms with Crippen molar-refractivity contribution in [3.05, 3.63) is 52.8 Å². The molecule has 0 aliphatic carbocycles. The molecule has 0 saturated carbocycles. The van der Waals surface area contributed by atoms with E-state index < -0.39 is 0 Å². The van der Waals surface area contributed by atoms with Gasteiger partial charge in [-0.15, -0.1) is 0 Å². The van der Waals surface area contributed by atoms with Crippen LogP contribution in [-0.2, 0) is 24.2 Å². The van der Waals surface area contributed by atoms with Crippen molar-refractivity contribution in [3.63, 3.8) is 0 Å². The van der Waals surface area contributed by atoms with Crippen molar-refractivity contribution < 1.29 is 9.59 Å². The summed E-state index contributed by atoms with van der Waals surface area (Å²) in [5.74, 6) is 0.194. The highest BCUT2D eigenvalue weighted by Gasteiger charge is 2.28. The number of carbonyl (C=O) groups excluding carboxylic acids is 2. The van der Waals surface area contributed by atoms with Gasteiger partial charge in [-0.3, -0.25) is 14.3 Å². The standard InChI is InChI=1S/C21H26N4O2/c1-16-5-4-6-17(13-16)14-20(26)23-9-11-24(12-10-23)21(27)18-15-22-25-8-3-2-7-19(18)25/h4-6,13,15H,2-3,7-12,14H2,1H3. The van der Waals surface area contributed by atoms with Crippen LogP contribution in [0.1, 0.15) is 40.0 Å². The maximum Gasteiger partial charge on any atom is 0.257 e. The SMILES string of the molecule is Cc1cccc(CC(=O)N2CCN(C(=O)c3cnn4c3CCCC4)CC2)c1. The molecule has 6 nitrogen and oxygen atoms in total. The average molecular weight is 366 g/mol. The number of rotatable bonds is 3. The summed E-state index contributed by atoms with van der Waals surface area (Å²) in [4.78, 5) is 29.2. The van der Waals surface area contributed by atoms with E-state index in [9.17, 15) is 9.59 Å². The van der Waals surface area contributed by atoms with Crippen LogP contribution in [0, 0.1) is 6.92 Å².